The lowest BCUT2D eigenvalue weighted by Gasteiger charge is -2.34. The summed E-state index contributed by atoms with van der Waals surface area (Å²) < 4.78 is 48.7. The van der Waals surface area contributed by atoms with Crippen molar-refractivity contribution in [2.45, 2.75) is 20.0 Å². The Morgan fingerprint density at radius 1 is 1.10 bits per heavy atom. The summed E-state index contributed by atoms with van der Waals surface area (Å²) in [5.41, 5.74) is 1.23. The van der Waals surface area contributed by atoms with Gasteiger partial charge in [-0.15, -0.1) is 0 Å². The fourth-order valence-corrected chi connectivity index (χ4v) is 3.05. The van der Waals surface area contributed by atoms with E-state index >= 15 is 0 Å². The van der Waals surface area contributed by atoms with Crippen molar-refractivity contribution >= 4 is 11.8 Å². The number of benzene rings is 1. The van der Waals surface area contributed by atoms with E-state index in [1.54, 1.807) is 0 Å². The van der Waals surface area contributed by atoms with Gasteiger partial charge < -0.3 is 14.4 Å². The molecule has 0 saturated carbocycles. The van der Waals surface area contributed by atoms with Gasteiger partial charge in [-0.05, 0) is 43.2 Å². The molecule has 1 saturated heterocycles. The molecule has 0 N–H and O–H groups in total. The first kappa shape index (κ1) is 21.9. The number of ether oxygens (including phenoxy) is 2. The van der Waals surface area contributed by atoms with Crippen molar-refractivity contribution in [1.82, 2.24) is 9.88 Å². The molecule has 0 atom stereocenters. The number of carbonyl (C=O) groups excluding carboxylic acids is 1. The third-order valence-corrected chi connectivity index (χ3v) is 4.87. The van der Waals surface area contributed by atoms with Crippen LogP contribution in [0.25, 0.3) is 0 Å². The molecule has 0 bridgehead atoms. The van der Waals surface area contributed by atoms with Crippen molar-refractivity contribution in [3.63, 3.8) is 0 Å². The molecule has 0 spiro atoms. The summed E-state index contributed by atoms with van der Waals surface area (Å²) in [6, 6.07) is 8.19. The number of nitrogens with zero attached hydrogens (tertiary/aromatic N) is 3. The number of esters is 1. The zero-order chi connectivity index (χ0) is 21.7. The second kappa shape index (κ2) is 9.34. The average molecular weight is 423 g/mol. The SMILES string of the molecule is Cc1ccc(C)c(OCC(=O)OCN2CCN(c3ccc(C(F)(F)F)cn3)CC2)c1. The summed E-state index contributed by atoms with van der Waals surface area (Å²) in [6.07, 6.45) is -3.55. The molecule has 1 aliphatic rings. The van der Waals surface area contributed by atoms with E-state index in [2.05, 4.69) is 4.98 Å². The zero-order valence-corrected chi connectivity index (χ0v) is 16.9. The molecule has 1 aliphatic heterocycles. The van der Waals surface area contributed by atoms with Gasteiger partial charge in [0.25, 0.3) is 0 Å². The van der Waals surface area contributed by atoms with Crippen molar-refractivity contribution in [1.29, 1.82) is 0 Å². The Hall–Kier alpha value is -2.81. The van der Waals surface area contributed by atoms with E-state index in [0.717, 1.165) is 23.4 Å². The zero-order valence-electron chi connectivity index (χ0n) is 16.9. The first-order chi connectivity index (χ1) is 14.2. The number of alkyl halides is 3. The Morgan fingerprint density at radius 3 is 2.47 bits per heavy atom. The van der Waals surface area contributed by atoms with Gasteiger partial charge in [0.2, 0.25) is 0 Å². The molecule has 1 aromatic heterocycles. The van der Waals surface area contributed by atoms with Gasteiger partial charge in [-0.3, -0.25) is 4.90 Å². The fraction of sp³-hybridized carbons (Fsp3) is 0.429. The Kier molecular flexibility index (Phi) is 6.81. The minimum Gasteiger partial charge on any atom is -0.482 e. The Morgan fingerprint density at radius 2 is 1.83 bits per heavy atom. The predicted octanol–water partition coefficient (Wildman–Crippen LogP) is 3.42. The Labute approximate surface area is 173 Å². The van der Waals surface area contributed by atoms with Gasteiger partial charge in [0, 0.05) is 32.4 Å². The van der Waals surface area contributed by atoms with Crippen LogP contribution in [0.3, 0.4) is 0 Å². The van der Waals surface area contributed by atoms with Gasteiger partial charge >= 0.3 is 12.1 Å². The number of rotatable bonds is 6. The van der Waals surface area contributed by atoms with E-state index in [1.165, 1.54) is 6.07 Å². The normalized spacial score (nSPS) is 15.2. The largest absolute Gasteiger partial charge is 0.482 e. The lowest BCUT2D eigenvalue weighted by atomic mass is 10.1. The van der Waals surface area contributed by atoms with Gasteiger partial charge in [0.05, 0.1) is 5.56 Å². The topological polar surface area (TPSA) is 54.9 Å². The summed E-state index contributed by atoms with van der Waals surface area (Å²) in [5.74, 6) is 0.703. The monoisotopic (exact) mass is 423 g/mol. The van der Waals surface area contributed by atoms with E-state index in [1.807, 2.05) is 41.8 Å². The van der Waals surface area contributed by atoms with Crippen molar-refractivity contribution in [3.8, 4) is 5.75 Å². The Bertz CT molecular complexity index is 864. The Balaban J connectivity index is 1.40. The molecule has 0 radical (unpaired) electrons. The molecule has 30 heavy (non-hydrogen) atoms. The summed E-state index contributed by atoms with van der Waals surface area (Å²) in [6.45, 7) is 6.20. The first-order valence-corrected chi connectivity index (χ1v) is 9.58. The van der Waals surface area contributed by atoms with E-state index in [4.69, 9.17) is 9.47 Å². The lowest BCUT2D eigenvalue weighted by molar-refractivity contribution is -0.151. The van der Waals surface area contributed by atoms with Crippen LogP contribution in [0.4, 0.5) is 19.0 Å². The highest BCUT2D eigenvalue weighted by molar-refractivity contribution is 5.71. The van der Waals surface area contributed by atoms with Crippen molar-refractivity contribution in [3.05, 3.63) is 53.2 Å². The second-order valence-corrected chi connectivity index (χ2v) is 7.21. The van der Waals surface area contributed by atoms with E-state index in [9.17, 15) is 18.0 Å². The number of aryl methyl sites for hydroxylation is 2. The van der Waals surface area contributed by atoms with Crippen molar-refractivity contribution in [2.75, 3.05) is 44.4 Å². The summed E-state index contributed by atoms with van der Waals surface area (Å²) in [5, 5.41) is 0. The highest BCUT2D eigenvalue weighted by Crippen LogP contribution is 2.29. The van der Waals surface area contributed by atoms with Crippen LogP contribution in [-0.4, -0.2) is 55.4 Å². The third-order valence-electron chi connectivity index (χ3n) is 4.87. The number of halogens is 3. The van der Waals surface area contributed by atoms with Gasteiger partial charge in [-0.25, -0.2) is 9.78 Å². The quantitative estimate of drug-likeness (QED) is 0.664. The van der Waals surface area contributed by atoms with Gasteiger partial charge in [0.15, 0.2) is 6.61 Å². The number of aromatic nitrogens is 1. The number of anilines is 1. The van der Waals surface area contributed by atoms with E-state index in [-0.39, 0.29) is 13.3 Å². The molecule has 1 fully saturated rings. The molecule has 2 heterocycles. The number of hydrogen-bond donors (Lipinski definition) is 0. The fourth-order valence-electron chi connectivity index (χ4n) is 3.05. The molecule has 9 heteroatoms. The molecule has 0 aliphatic carbocycles. The lowest BCUT2D eigenvalue weighted by Crippen LogP contribution is -2.47. The van der Waals surface area contributed by atoms with Crippen LogP contribution < -0.4 is 9.64 Å². The van der Waals surface area contributed by atoms with Gasteiger partial charge in [-0.1, -0.05) is 12.1 Å². The van der Waals surface area contributed by atoms with Crippen LogP contribution in [0.2, 0.25) is 0 Å². The predicted molar refractivity (Wildman–Crippen MR) is 105 cm³/mol. The minimum atomic E-state index is -4.39. The molecular weight excluding hydrogens is 399 g/mol. The average Bonchev–Trinajstić information content (AvgIpc) is 2.73. The number of pyridine rings is 1. The van der Waals surface area contributed by atoms with Crippen molar-refractivity contribution < 1.29 is 27.4 Å². The molecule has 0 unspecified atom stereocenters. The van der Waals surface area contributed by atoms with Crippen LogP contribution in [-0.2, 0) is 15.7 Å². The second-order valence-electron chi connectivity index (χ2n) is 7.21. The van der Waals surface area contributed by atoms with E-state index in [0.29, 0.717) is 37.7 Å². The smallest absolute Gasteiger partial charge is 0.417 e. The van der Waals surface area contributed by atoms with Crippen LogP contribution >= 0.6 is 0 Å². The van der Waals surface area contributed by atoms with Gasteiger partial charge in [-0.2, -0.15) is 13.2 Å². The molecule has 162 valence electrons. The maximum atomic E-state index is 12.6. The summed E-state index contributed by atoms with van der Waals surface area (Å²) in [7, 11) is 0. The first-order valence-electron chi connectivity index (χ1n) is 9.58. The molecule has 0 amide bonds. The maximum Gasteiger partial charge on any atom is 0.417 e. The van der Waals surface area contributed by atoms with Crippen LogP contribution in [0.5, 0.6) is 5.75 Å². The highest BCUT2D eigenvalue weighted by Gasteiger charge is 2.31. The highest BCUT2D eigenvalue weighted by atomic mass is 19.4. The molecule has 3 rings (SSSR count). The molecule has 6 nitrogen and oxygen atoms in total. The molecule has 2 aromatic rings. The van der Waals surface area contributed by atoms with Crippen LogP contribution in [0.15, 0.2) is 36.5 Å². The number of piperazine rings is 1. The van der Waals surface area contributed by atoms with Crippen LogP contribution in [0.1, 0.15) is 16.7 Å². The van der Waals surface area contributed by atoms with Gasteiger partial charge in [0.1, 0.15) is 18.3 Å². The standard InChI is InChI=1S/C21H24F3N3O3/c1-15-3-4-16(2)18(11-15)29-13-20(28)30-14-26-7-9-27(10-8-26)19-6-5-17(12-25-19)21(22,23)24/h3-6,11-12H,7-10,13-14H2,1-2H3. The molecular formula is C21H24F3N3O3. The van der Waals surface area contributed by atoms with Crippen LogP contribution in [0, 0.1) is 13.8 Å². The van der Waals surface area contributed by atoms with Crippen molar-refractivity contribution in [2.24, 2.45) is 0 Å². The summed E-state index contributed by atoms with van der Waals surface area (Å²) in [4.78, 5) is 19.7. The maximum absolute atomic E-state index is 12.6. The minimum absolute atomic E-state index is 0.142. The molecule has 1 aromatic carbocycles. The summed E-state index contributed by atoms with van der Waals surface area (Å²) >= 11 is 0. The number of carbonyl (C=O) groups is 1. The third kappa shape index (κ3) is 5.85. The van der Waals surface area contributed by atoms with E-state index < -0.39 is 17.7 Å². The number of hydrogen-bond acceptors (Lipinski definition) is 6.